The van der Waals surface area contributed by atoms with Gasteiger partial charge >= 0.3 is 0 Å². The molecule has 1 aromatic heterocycles. The Morgan fingerprint density at radius 3 is 2.61 bits per heavy atom. The van der Waals surface area contributed by atoms with Gasteiger partial charge in [-0.3, -0.25) is 4.79 Å². The fourth-order valence-electron chi connectivity index (χ4n) is 1.47. The Bertz CT molecular complexity index is 545. The molecule has 1 aromatic carbocycles. The topological polar surface area (TPSA) is 77.8 Å². The van der Waals surface area contributed by atoms with Gasteiger partial charge in [-0.05, 0) is 30.0 Å². The summed E-state index contributed by atoms with van der Waals surface area (Å²) in [5.74, 6) is 0.796. The smallest absolute Gasteiger partial charge is 0.153 e. The van der Waals surface area contributed by atoms with Crippen LogP contribution < -0.4 is 10.6 Å². The number of urea groups is 1. The first-order valence-electron chi connectivity index (χ1n) is 4.80. The molecule has 2 rings (SSSR count). The summed E-state index contributed by atoms with van der Waals surface area (Å²) in [6, 6.07) is 8.26. The summed E-state index contributed by atoms with van der Waals surface area (Å²) in [4.78, 5) is 14.9. The number of anilines is 2. The Morgan fingerprint density at radius 2 is 2.00 bits per heavy atom. The number of nitrogens with one attached hydrogen (secondary N) is 3. The maximum absolute atomic E-state index is 10.6. The van der Waals surface area contributed by atoms with Crippen LogP contribution >= 0.6 is 0 Å². The van der Waals surface area contributed by atoms with Crippen molar-refractivity contribution in [3.05, 3.63) is 43.5 Å². The number of carbonyl (C=O) groups excluding carboxylic acids is 1. The van der Waals surface area contributed by atoms with Gasteiger partial charge in [0.15, 0.2) is 6.03 Å². The Morgan fingerprint density at radius 1 is 1.28 bits per heavy atom. The summed E-state index contributed by atoms with van der Waals surface area (Å²) in [5, 5.41) is 6.29. The van der Waals surface area contributed by atoms with E-state index in [2.05, 4.69) is 15.6 Å². The minimum absolute atomic E-state index is 0. The summed E-state index contributed by atoms with van der Waals surface area (Å²) in [6.07, 6.45) is 0. The second-order valence-electron chi connectivity index (χ2n) is 3.31. The second kappa shape index (κ2) is 7.29. The molecule has 5 nitrogen and oxygen atoms in total. The van der Waals surface area contributed by atoms with E-state index in [1.54, 1.807) is 18.2 Å². The van der Waals surface area contributed by atoms with Crippen LogP contribution in [0.15, 0.2) is 30.3 Å². The molecule has 0 spiro atoms. The van der Waals surface area contributed by atoms with Gasteiger partial charge in [0, 0.05) is 45.1 Å². The quantitative estimate of drug-likeness (QED) is 0.834. The maximum Gasteiger partial charge on any atom is 0.153 e. The van der Waals surface area contributed by atoms with Crippen LogP contribution in [0.2, 0.25) is 0 Å². The first-order valence-corrected chi connectivity index (χ1v) is 4.80. The summed E-state index contributed by atoms with van der Waals surface area (Å²) >= 11 is 0. The molecule has 0 aliphatic rings. The Kier molecular flexibility index (Phi) is 6.80. The molecule has 0 aliphatic heterocycles. The molecule has 93 valence electrons. The predicted molar refractivity (Wildman–Crippen MR) is 71.0 cm³/mol. The Balaban J connectivity index is 0.00000144. The molecule has 18 heavy (non-hydrogen) atoms. The molecule has 0 unspecified atom stereocenters. The summed E-state index contributed by atoms with van der Waals surface area (Å²) in [6.45, 7) is 0. The summed E-state index contributed by atoms with van der Waals surface area (Å²) in [5.41, 5.74) is 8.26. The van der Waals surface area contributed by atoms with Gasteiger partial charge in [0.2, 0.25) is 0 Å². The molecule has 0 atom stereocenters. The number of amides is 2. The van der Waals surface area contributed by atoms with E-state index in [0.29, 0.717) is 5.69 Å². The number of benzene rings is 1. The predicted octanol–water partition coefficient (Wildman–Crippen LogP) is 3.31. The maximum atomic E-state index is 10.6. The molecule has 1 heterocycles. The molecule has 1 radical (unpaired) electrons. The zero-order chi connectivity index (χ0) is 11.5. The van der Waals surface area contributed by atoms with E-state index in [1.807, 2.05) is 19.2 Å². The van der Waals surface area contributed by atoms with Crippen LogP contribution in [0.1, 0.15) is 0 Å². The van der Waals surface area contributed by atoms with Crippen LogP contribution in [0, 0.1) is 7.43 Å². The number of hydrogen-bond donors (Lipinski definition) is 2. The summed E-state index contributed by atoms with van der Waals surface area (Å²) < 4.78 is 0. The van der Waals surface area contributed by atoms with E-state index < -0.39 is 6.03 Å². The molecule has 6 heteroatoms. The molecular formula is C12H14N4OY-2. The number of nitrogens with zero attached hydrogens (tertiary/aromatic N) is 1. The van der Waals surface area contributed by atoms with Gasteiger partial charge in [-0.1, -0.05) is 6.07 Å². The molecule has 0 fully saturated rings. The molecule has 2 amide bonds. The third-order valence-corrected chi connectivity index (χ3v) is 2.20. The van der Waals surface area contributed by atoms with E-state index >= 15 is 0 Å². The van der Waals surface area contributed by atoms with Crippen LogP contribution in [-0.4, -0.2) is 18.1 Å². The van der Waals surface area contributed by atoms with Crippen molar-refractivity contribution in [2.75, 3.05) is 17.7 Å². The Labute approximate surface area is 131 Å². The van der Waals surface area contributed by atoms with Crippen molar-refractivity contribution in [2.24, 2.45) is 0 Å². The van der Waals surface area contributed by atoms with Crippen molar-refractivity contribution in [3.63, 3.8) is 0 Å². The van der Waals surface area contributed by atoms with E-state index in [4.69, 9.17) is 5.73 Å². The van der Waals surface area contributed by atoms with Crippen LogP contribution in [0.3, 0.4) is 0 Å². The van der Waals surface area contributed by atoms with Gasteiger partial charge in [0.05, 0.1) is 5.52 Å². The fraction of sp³-hybridized carbons (Fsp3) is 0.0833. The van der Waals surface area contributed by atoms with E-state index in [1.165, 1.54) is 0 Å². The van der Waals surface area contributed by atoms with E-state index in [0.717, 1.165) is 16.7 Å². The average Bonchev–Trinajstić information content (AvgIpc) is 2.27. The standard InChI is InChI=1S/C11H12N4O.CH3.Y/c1-13-10-5-2-7-6-8(14-11(12)16)3-4-9(7)15-10;;/h2-6H,1H3,(H4,12,13,14,15,16);1H3;/q;-1;/p-1. The van der Waals surface area contributed by atoms with E-state index in [-0.39, 0.29) is 40.1 Å². The largest absolute Gasteiger partial charge is 0.447 e. The zero-order valence-corrected chi connectivity index (χ0v) is 13.2. The minimum atomic E-state index is -0.820. The van der Waals surface area contributed by atoms with E-state index in [9.17, 15) is 4.79 Å². The molecule has 2 aromatic rings. The van der Waals surface area contributed by atoms with Gasteiger partial charge in [-0.25, -0.2) is 4.98 Å². The van der Waals surface area contributed by atoms with Crippen LogP contribution in [0.5, 0.6) is 0 Å². The number of hydrogen-bond acceptors (Lipinski definition) is 3. The average molecular weight is 319 g/mol. The van der Waals surface area contributed by atoms with Gasteiger partial charge < -0.3 is 23.8 Å². The number of fused-ring (bicyclic) bond motifs is 1. The molecular weight excluding hydrogens is 305 g/mol. The third kappa shape index (κ3) is 3.93. The van der Waals surface area contributed by atoms with Crippen molar-refractivity contribution in [1.82, 2.24) is 4.98 Å². The molecule has 0 saturated heterocycles. The number of aromatic nitrogens is 1. The SMILES string of the molecule is CNc1ccc2cc(NC([NH-])=O)ccc2n1.[CH3-].[Y]. The third-order valence-electron chi connectivity index (χ3n) is 2.20. The van der Waals surface area contributed by atoms with Gasteiger partial charge in [0.1, 0.15) is 5.82 Å². The van der Waals surface area contributed by atoms with Crippen molar-refractivity contribution >= 4 is 28.4 Å². The fourth-order valence-corrected chi connectivity index (χ4v) is 1.47. The van der Waals surface area contributed by atoms with Crippen molar-refractivity contribution in [1.29, 1.82) is 0 Å². The first kappa shape index (κ1) is 16.8. The molecule has 0 bridgehead atoms. The van der Waals surface area contributed by atoms with Crippen LogP contribution in [0.25, 0.3) is 16.6 Å². The number of rotatable bonds is 2. The normalized spacial score (nSPS) is 8.94. The first-order chi connectivity index (χ1) is 7.69. The van der Waals surface area contributed by atoms with Crippen LogP contribution in [0.4, 0.5) is 16.3 Å². The zero-order valence-electron chi connectivity index (χ0n) is 10.3. The number of carbonyl (C=O) groups is 1. The minimum Gasteiger partial charge on any atom is -0.447 e. The van der Waals surface area contributed by atoms with Gasteiger partial charge in [0.25, 0.3) is 0 Å². The molecule has 0 aliphatic carbocycles. The molecule has 0 saturated carbocycles. The van der Waals surface area contributed by atoms with Crippen molar-refractivity contribution in [3.8, 4) is 0 Å². The van der Waals surface area contributed by atoms with Gasteiger partial charge in [-0.2, -0.15) is 0 Å². The monoisotopic (exact) mass is 319 g/mol. The van der Waals surface area contributed by atoms with Gasteiger partial charge in [-0.15, -0.1) is 0 Å². The van der Waals surface area contributed by atoms with Crippen LogP contribution in [-0.2, 0) is 32.7 Å². The van der Waals surface area contributed by atoms with Crippen molar-refractivity contribution < 1.29 is 37.5 Å². The van der Waals surface area contributed by atoms with Crippen molar-refractivity contribution in [2.45, 2.75) is 0 Å². The molecule has 3 N–H and O–H groups in total. The number of pyridine rings is 1. The second-order valence-corrected chi connectivity index (χ2v) is 3.31. The summed E-state index contributed by atoms with van der Waals surface area (Å²) in [7, 11) is 1.81. The Hall–Kier alpha value is -1.20.